The topological polar surface area (TPSA) is 166 Å². The molecule has 1 fully saturated rings. The van der Waals surface area contributed by atoms with Gasteiger partial charge < -0.3 is 53.6 Å². The first kappa shape index (κ1) is 38.8. The number of aliphatic hydroxyl groups is 5. The van der Waals surface area contributed by atoms with Crippen LogP contribution in [-0.2, 0) is 32.0 Å². The first-order valence-electron chi connectivity index (χ1n) is 15.7. The minimum absolute atomic E-state index is 0.446. The van der Waals surface area contributed by atoms with Crippen molar-refractivity contribution in [3.63, 3.8) is 0 Å². The van der Waals surface area contributed by atoms with Crippen molar-refractivity contribution in [1.29, 1.82) is 0 Å². The number of ether oxygens (including phenoxy) is 3. The molecule has 0 spiro atoms. The Balaban J connectivity index is 2.01. The first-order valence-corrected chi connectivity index (χ1v) is 15.7. The van der Waals surface area contributed by atoms with Gasteiger partial charge in [0, 0.05) is 31.5 Å². The molecule has 1 heterocycles. The maximum Gasteiger partial charge on any atom is 0.409 e. The van der Waals surface area contributed by atoms with Gasteiger partial charge in [-0.15, -0.1) is 0 Å². The molecule has 6 atom stereocenters. The van der Waals surface area contributed by atoms with Gasteiger partial charge in [0.05, 0.1) is 61.5 Å². The van der Waals surface area contributed by atoms with E-state index in [4.69, 9.17) is 19.3 Å². The minimum atomic E-state index is -1.70. The number of quaternary nitrogens is 2. The molecule has 13 nitrogen and oxygen atoms in total. The summed E-state index contributed by atoms with van der Waals surface area (Å²) in [4.78, 5) is 27.9. The second-order valence-corrected chi connectivity index (χ2v) is 14.1. The van der Waals surface area contributed by atoms with E-state index in [1.54, 1.807) is 4.90 Å². The quantitative estimate of drug-likeness (QED) is 0.109. The van der Waals surface area contributed by atoms with Crippen LogP contribution in [0.3, 0.4) is 0 Å². The molecule has 0 saturated carbocycles. The van der Waals surface area contributed by atoms with Crippen molar-refractivity contribution in [3.05, 3.63) is 35.4 Å². The van der Waals surface area contributed by atoms with Gasteiger partial charge in [-0.1, -0.05) is 31.2 Å². The highest BCUT2D eigenvalue weighted by molar-refractivity contribution is 5.77. The standard InChI is InChI=1S/C32H57N3O10/c1-8-23-11-13-24(14-12-23)19-35(6,7)18-10-16-33(15-9-17-34(3,4)5)31(42)43-22-32(2,21-37)30(41)45-29-27(40)26(39)28(44-29)25(38)20-36/h11-14,25-29,36-40H,8-10,15-22H2,1-7H3/q+2/t25-,26-,27+,28-,29?,32?/m1/s1. The van der Waals surface area contributed by atoms with Gasteiger partial charge in [-0.3, -0.25) is 4.79 Å². The summed E-state index contributed by atoms with van der Waals surface area (Å²) >= 11 is 0. The number of benzene rings is 1. The fourth-order valence-electron chi connectivity index (χ4n) is 5.09. The maximum atomic E-state index is 13.3. The van der Waals surface area contributed by atoms with E-state index in [0.717, 1.165) is 47.9 Å². The first-order chi connectivity index (χ1) is 20.9. The summed E-state index contributed by atoms with van der Waals surface area (Å²) in [6.07, 6.45) is -6.03. The third-order valence-electron chi connectivity index (χ3n) is 8.15. The van der Waals surface area contributed by atoms with Crippen molar-refractivity contribution in [3.8, 4) is 0 Å². The van der Waals surface area contributed by atoms with Gasteiger partial charge in [0.1, 0.15) is 43.0 Å². The third-order valence-corrected chi connectivity index (χ3v) is 8.15. The fraction of sp³-hybridized carbons (Fsp3) is 0.750. The highest BCUT2D eigenvalue weighted by atomic mass is 16.7. The van der Waals surface area contributed by atoms with Crippen LogP contribution >= 0.6 is 0 Å². The lowest BCUT2D eigenvalue weighted by Gasteiger charge is -2.32. The van der Waals surface area contributed by atoms with Crippen LogP contribution in [-0.4, -0.2) is 163 Å². The Morgan fingerprint density at radius 3 is 2.09 bits per heavy atom. The molecule has 1 aliphatic rings. The number of hydrogen-bond donors (Lipinski definition) is 5. The van der Waals surface area contributed by atoms with Crippen LogP contribution < -0.4 is 0 Å². The number of nitrogens with zero attached hydrogens (tertiary/aromatic N) is 3. The van der Waals surface area contributed by atoms with E-state index in [-0.39, 0.29) is 0 Å². The molecule has 0 bridgehead atoms. The second-order valence-electron chi connectivity index (χ2n) is 14.1. The largest absolute Gasteiger partial charge is 0.448 e. The average Bonchev–Trinajstić information content (AvgIpc) is 3.26. The summed E-state index contributed by atoms with van der Waals surface area (Å²) in [7, 11) is 10.5. The highest BCUT2D eigenvalue weighted by Gasteiger charge is 2.49. The zero-order valence-corrected chi connectivity index (χ0v) is 28.1. The van der Waals surface area contributed by atoms with Crippen molar-refractivity contribution in [2.24, 2.45) is 5.41 Å². The Bertz CT molecular complexity index is 1060. The van der Waals surface area contributed by atoms with Gasteiger partial charge >= 0.3 is 12.1 Å². The average molecular weight is 644 g/mol. The van der Waals surface area contributed by atoms with Gasteiger partial charge in [-0.2, -0.15) is 0 Å². The van der Waals surface area contributed by atoms with Crippen molar-refractivity contribution in [1.82, 2.24) is 4.90 Å². The Kier molecular flexibility index (Phi) is 14.6. The molecule has 1 saturated heterocycles. The Morgan fingerprint density at radius 2 is 1.56 bits per heavy atom. The van der Waals surface area contributed by atoms with Crippen molar-refractivity contribution in [2.75, 3.05) is 81.2 Å². The van der Waals surface area contributed by atoms with Crippen LogP contribution in [0.4, 0.5) is 4.79 Å². The monoisotopic (exact) mass is 643 g/mol. The number of aryl methyl sites for hydroxylation is 1. The molecule has 0 radical (unpaired) electrons. The number of carbonyl (C=O) groups is 2. The summed E-state index contributed by atoms with van der Waals surface area (Å²) in [6, 6.07) is 8.63. The van der Waals surface area contributed by atoms with Crippen molar-refractivity contribution in [2.45, 2.75) is 70.4 Å². The lowest BCUT2D eigenvalue weighted by Crippen LogP contribution is -2.45. The minimum Gasteiger partial charge on any atom is -0.448 e. The lowest BCUT2D eigenvalue weighted by molar-refractivity contribution is -0.903. The molecule has 0 aromatic heterocycles. The summed E-state index contributed by atoms with van der Waals surface area (Å²) in [5.41, 5.74) is 0.849. The van der Waals surface area contributed by atoms with Gasteiger partial charge in [0.15, 0.2) is 0 Å². The van der Waals surface area contributed by atoms with Crippen LogP contribution in [0.1, 0.15) is 37.8 Å². The predicted octanol–water partition coefficient (Wildman–Crippen LogP) is 0.0921. The highest BCUT2D eigenvalue weighted by Crippen LogP contribution is 2.28. The van der Waals surface area contributed by atoms with E-state index in [1.165, 1.54) is 18.1 Å². The molecular weight excluding hydrogens is 586 g/mol. The molecule has 5 N–H and O–H groups in total. The van der Waals surface area contributed by atoms with Crippen molar-refractivity contribution < 1.29 is 58.3 Å². The fourth-order valence-corrected chi connectivity index (χ4v) is 5.09. The third kappa shape index (κ3) is 12.1. The summed E-state index contributed by atoms with van der Waals surface area (Å²) in [5, 5.41) is 49.3. The number of esters is 1. The van der Waals surface area contributed by atoms with Gasteiger partial charge in [-0.05, 0) is 18.9 Å². The van der Waals surface area contributed by atoms with Crippen LogP contribution in [0, 0.1) is 5.41 Å². The van der Waals surface area contributed by atoms with Crippen LogP contribution in [0.2, 0.25) is 0 Å². The maximum absolute atomic E-state index is 13.3. The van der Waals surface area contributed by atoms with Gasteiger partial charge in [0.25, 0.3) is 0 Å². The molecule has 1 aromatic carbocycles. The number of hydrogen-bond acceptors (Lipinski definition) is 10. The second kappa shape index (κ2) is 17.0. The van der Waals surface area contributed by atoms with E-state index in [9.17, 15) is 30.0 Å². The van der Waals surface area contributed by atoms with E-state index >= 15 is 0 Å². The Labute approximate surface area is 267 Å². The Morgan fingerprint density at radius 1 is 0.978 bits per heavy atom. The van der Waals surface area contributed by atoms with Crippen LogP contribution in [0.25, 0.3) is 0 Å². The zero-order valence-electron chi connectivity index (χ0n) is 28.1. The smallest absolute Gasteiger partial charge is 0.409 e. The molecular formula is C32H57N3O10+2. The molecule has 0 aliphatic carbocycles. The normalized spacial score (nSPS) is 22.5. The van der Waals surface area contributed by atoms with Crippen molar-refractivity contribution >= 4 is 12.1 Å². The van der Waals surface area contributed by atoms with E-state index in [0.29, 0.717) is 13.1 Å². The van der Waals surface area contributed by atoms with E-state index in [1.807, 2.05) is 0 Å². The number of amides is 1. The molecule has 45 heavy (non-hydrogen) atoms. The van der Waals surface area contributed by atoms with Gasteiger partial charge in [-0.25, -0.2) is 4.79 Å². The zero-order chi connectivity index (χ0) is 34.0. The molecule has 258 valence electrons. The molecule has 1 aliphatic heterocycles. The summed E-state index contributed by atoms with van der Waals surface area (Å²) in [5.74, 6) is -1.03. The molecule has 13 heteroatoms. The molecule has 1 amide bonds. The summed E-state index contributed by atoms with van der Waals surface area (Å²) in [6.45, 7) is 4.89. The summed E-state index contributed by atoms with van der Waals surface area (Å²) < 4.78 is 17.5. The number of aliphatic hydroxyl groups excluding tert-OH is 5. The predicted molar refractivity (Wildman–Crippen MR) is 167 cm³/mol. The molecule has 2 unspecified atom stereocenters. The molecule has 1 aromatic rings. The van der Waals surface area contributed by atoms with E-state index in [2.05, 4.69) is 66.4 Å². The van der Waals surface area contributed by atoms with Gasteiger partial charge in [0.2, 0.25) is 6.29 Å². The Hall–Kier alpha value is -2.36. The van der Waals surface area contributed by atoms with E-state index < -0.39 is 68.0 Å². The van der Waals surface area contributed by atoms with Crippen LogP contribution in [0.5, 0.6) is 0 Å². The molecule has 2 rings (SSSR count). The lowest BCUT2D eigenvalue weighted by atomic mass is 9.93. The number of carbonyl (C=O) groups excluding carboxylic acids is 2. The van der Waals surface area contributed by atoms with Crippen LogP contribution in [0.15, 0.2) is 24.3 Å². The SMILES string of the molecule is CCc1ccc(C[N+](C)(C)CCCN(CCC[N+](C)(C)C)C(=O)OCC(C)(CO)C(=O)OC2O[C@H]([C@H](O)CO)[C@H](O)[C@@H]2O)cc1. The number of rotatable bonds is 18.